The SMILES string of the molecule is CC/C=C\C/C=C\C/C=C\C/C=C\C/C=C\CCCCCCCCCCCCCCCCCC(=O)NC(COC1OC(CO)C(OC2OC(CO)C(O)C(O)C2O)C(O)C1O)C(O)/C=C/CC/C=C/CC/C=C/CCCCCCCCCCCCCCCCCC. The maximum atomic E-state index is 13.4. The Balaban J connectivity index is 1.68. The fraction of sp³-hybridized carbons (Fsp3) is 0.779. The molecule has 0 spiro atoms. The smallest absolute Gasteiger partial charge is 0.220 e. The van der Waals surface area contributed by atoms with Gasteiger partial charge in [-0.15, -0.1) is 0 Å². The van der Waals surface area contributed by atoms with Crippen LogP contribution in [0.15, 0.2) is 97.2 Å². The van der Waals surface area contributed by atoms with Crippen LogP contribution >= 0.6 is 0 Å². The Morgan fingerprint density at radius 1 is 0.407 bits per heavy atom. The fourth-order valence-electron chi connectivity index (χ4n) is 11.6. The molecular weight excluding hydrogens is 1150 g/mol. The second-order valence-electron chi connectivity index (χ2n) is 25.7. The molecule has 2 aliphatic heterocycles. The molecule has 0 saturated carbocycles. The normalized spacial score (nSPS) is 23.4. The van der Waals surface area contributed by atoms with Crippen LogP contribution in [0.4, 0.5) is 0 Å². The van der Waals surface area contributed by atoms with Crippen molar-refractivity contribution < 1.29 is 64.6 Å². The van der Waals surface area contributed by atoms with Crippen molar-refractivity contribution in [2.45, 2.75) is 364 Å². The molecule has 0 bridgehead atoms. The third-order valence-corrected chi connectivity index (χ3v) is 17.5. The summed E-state index contributed by atoms with van der Waals surface area (Å²) in [6.45, 7) is 2.69. The van der Waals surface area contributed by atoms with E-state index in [0.29, 0.717) is 12.8 Å². The number of hydrogen-bond acceptors (Lipinski definition) is 13. The molecule has 0 aromatic heterocycles. The first kappa shape index (κ1) is 84.0. The zero-order chi connectivity index (χ0) is 65.9. The van der Waals surface area contributed by atoms with Gasteiger partial charge in [0.2, 0.25) is 5.91 Å². The molecule has 0 radical (unpaired) electrons. The van der Waals surface area contributed by atoms with E-state index in [-0.39, 0.29) is 18.9 Å². The molecule has 2 saturated heterocycles. The number of aliphatic hydroxyl groups excluding tert-OH is 8. The summed E-state index contributed by atoms with van der Waals surface area (Å²) in [6.07, 6.45) is 69.0. The van der Waals surface area contributed by atoms with Gasteiger partial charge in [0.1, 0.15) is 48.8 Å². The molecule has 1 amide bonds. The van der Waals surface area contributed by atoms with Gasteiger partial charge in [-0.05, 0) is 89.9 Å². The number of allylic oxidation sites excluding steroid dienone is 15. The average Bonchev–Trinajstić information content (AvgIpc) is 1.25. The number of carbonyl (C=O) groups is 1. The molecule has 91 heavy (non-hydrogen) atoms. The van der Waals surface area contributed by atoms with E-state index < -0.39 is 86.8 Å². The molecule has 526 valence electrons. The minimum atomic E-state index is -1.80. The quantitative estimate of drug-likeness (QED) is 0.0204. The first-order chi connectivity index (χ1) is 44.6. The fourth-order valence-corrected chi connectivity index (χ4v) is 11.6. The molecule has 12 atom stereocenters. The van der Waals surface area contributed by atoms with E-state index in [2.05, 4.69) is 104 Å². The number of amides is 1. The summed E-state index contributed by atoms with van der Waals surface area (Å²) in [6, 6.07) is -0.945. The topological polar surface area (TPSA) is 228 Å². The van der Waals surface area contributed by atoms with E-state index in [0.717, 1.165) is 77.0 Å². The lowest BCUT2D eigenvalue weighted by atomic mass is 9.97. The van der Waals surface area contributed by atoms with Crippen LogP contribution in [0.5, 0.6) is 0 Å². The molecule has 0 aromatic rings. The highest BCUT2D eigenvalue weighted by molar-refractivity contribution is 5.76. The van der Waals surface area contributed by atoms with Crippen LogP contribution in [0.1, 0.15) is 290 Å². The lowest BCUT2D eigenvalue weighted by Gasteiger charge is -2.46. The monoisotopic (exact) mass is 1280 g/mol. The van der Waals surface area contributed by atoms with Crippen LogP contribution < -0.4 is 5.32 Å². The highest BCUT2D eigenvalue weighted by atomic mass is 16.7. The molecule has 0 aliphatic carbocycles. The standard InChI is InChI=1S/C77H135NO13/c1-3-5-7-9-11-13-15-17-19-21-23-25-27-29-31-32-33-34-35-37-39-41-43-45-47-49-51-53-55-57-59-61-69(82)78-65(64-88-76-74(87)72(85)75(68(63-80)90-76)91-77-73(86)71(84)70(83)67(62-79)89-77)66(81)60-58-56-54-52-50-48-46-44-42-40-38-36-30-28-26-24-22-20-18-16-14-12-10-8-6-4-2/h5,7,11,13,17,19,23,25,29,31,42,44,50,52,58,60,65-68,70-77,79-81,83-87H,3-4,6,8-10,12,14-16,18,20-22,24,26-28,30,32-41,43,45-49,51,53-57,59,61-64H2,1-2H3,(H,78,82)/b7-5-,13-11-,19-17-,25-23-,31-29-,44-42+,52-50+,60-58+. The van der Waals surface area contributed by atoms with E-state index in [1.54, 1.807) is 6.08 Å². The van der Waals surface area contributed by atoms with Crippen molar-refractivity contribution in [2.75, 3.05) is 19.8 Å². The maximum absolute atomic E-state index is 13.4. The molecule has 12 unspecified atom stereocenters. The van der Waals surface area contributed by atoms with Crippen LogP contribution in [-0.2, 0) is 23.7 Å². The molecule has 2 fully saturated rings. The van der Waals surface area contributed by atoms with Crippen LogP contribution in [0, 0.1) is 0 Å². The van der Waals surface area contributed by atoms with Crippen molar-refractivity contribution in [1.82, 2.24) is 5.32 Å². The van der Waals surface area contributed by atoms with Crippen LogP contribution in [-0.4, -0.2) is 140 Å². The Morgan fingerprint density at radius 3 is 1.21 bits per heavy atom. The molecule has 0 aromatic carbocycles. The van der Waals surface area contributed by atoms with Crippen molar-refractivity contribution in [3.63, 3.8) is 0 Å². The Morgan fingerprint density at radius 2 is 0.769 bits per heavy atom. The summed E-state index contributed by atoms with van der Waals surface area (Å²) in [7, 11) is 0. The molecule has 9 N–H and O–H groups in total. The Labute approximate surface area is 553 Å². The lowest BCUT2D eigenvalue weighted by molar-refractivity contribution is -0.359. The number of hydrogen-bond donors (Lipinski definition) is 9. The van der Waals surface area contributed by atoms with Crippen molar-refractivity contribution >= 4 is 5.91 Å². The molecule has 2 heterocycles. The van der Waals surface area contributed by atoms with Gasteiger partial charge in [0.15, 0.2) is 12.6 Å². The van der Waals surface area contributed by atoms with E-state index >= 15 is 0 Å². The summed E-state index contributed by atoms with van der Waals surface area (Å²) in [5.41, 5.74) is 0. The Kier molecular flexibility index (Phi) is 55.9. The average molecular weight is 1280 g/mol. The summed E-state index contributed by atoms with van der Waals surface area (Å²) in [5, 5.41) is 87.5. The summed E-state index contributed by atoms with van der Waals surface area (Å²) < 4.78 is 22.9. The molecular formula is C77H135NO13. The van der Waals surface area contributed by atoms with E-state index in [4.69, 9.17) is 18.9 Å². The Bertz CT molecular complexity index is 1900. The Hall–Kier alpha value is -3.09. The summed E-state index contributed by atoms with van der Waals surface area (Å²) in [4.78, 5) is 13.4. The first-order valence-corrected chi connectivity index (χ1v) is 37.0. The van der Waals surface area contributed by atoms with Gasteiger partial charge in [0, 0.05) is 6.42 Å². The van der Waals surface area contributed by atoms with Gasteiger partial charge in [-0.2, -0.15) is 0 Å². The minimum Gasteiger partial charge on any atom is -0.394 e. The van der Waals surface area contributed by atoms with E-state index in [9.17, 15) is 45.6 Å². The third-order valence-electron chi connectivity index (χ3n) is 17.5. The third kappa shape index (κ3) is 44.3. The van der Waals surface area contributed by atoms with Crippen LogP contribution in [0.25, 0.3) is 0 Å². The van der Waals surface area contributed by atoms with Gasteiger partial charge in [0.05, 0.1) is 32.0 Å². The number of nitrogens with one attached hydrogen (secondary N) is 1. The highest BCUT2D eigenvalue weighted by Gasteiger charge is 2.51. The number of aliphatic hydroxyl groups is 8. The number of unbranched alkanes of at least 4 members (excludes halogenated alkanes) is 33. The predicted molar refractivity (Wildman–Crippen MR) is 373 cm³/mol. The largest absolute Gasteiger partial charge is 0.394 e. The van der Waals surface area contributed by atoms with Crippen molar-refractivity contribution in [2.24, 2.45) is 0 Å². The van der Waals surface area contributed by atoms with Crippen molar-refractivity contribution in [3.05, 3.63) is 97.2 Å². The van der Waals surface area contributed by atoms with Gasteiger partial charge >= 0.3 is 0 Å². The van der Waals surface area contributed by atoms with E-state index in [1.807, 2.05) is 6.08 Å². The molecule has 2 aliphatic rings. The first-order valence-electron chi connectivity index (χ1n) is 37.0. The highest BCUT2D eigenvalue weighted by Crippen LogP contribution is 2.30. The van der Waals surface area contributed by atoms with E-state index in [1.165, 1.54) is 180 Å². The zero-order valence-electron chi connectivity index (χ0n) is 57.3. The molecule has 14 heteroatoms. The van der Waals surface area contributed by atoms with Gasteiger partial charge in [0.25, 0.3) is 0 Å². The van der Waals surface area contributed by atoms with Crippen molar-refractivity contribution in [1.29, 1.82) is 0 Å². The van der Waals surface area contributed by atoms with Gasteiger partial charge in [-0.3, -0.25) is 4.79 Å². The second kappa shape index (κ2) is 60.6. The number of carbonyl (C=O) groups excluding carboxylic acids is 1. The van der Waals surface area contributed by atoms with Crippen molar-refractivity contribution in [3.8, 4) is 0 Å². The summed E-state index contributed by atoms with van der Waals surface area (Å²) in [5.74, 6) is -0.254. The second-order valence-corrected chi connectivity index (χ2v) is 25.7. The predicted octanol–water partition coefficient (Wildman–Crippen LogP) is 15.7. The number of rotatable bonds is 60. The van der Waals surface area contributed by atoms with Gasteiger partial charge in [-0.1, -0.05) is 291 Å². The molecule has 14 nitrogen and oxygen atoms in total. The number of ether oxygens (including phenoxy) is 4. The zero-order valence-corrected chi connectivity index (χ0v) is 57.3. The van der Waals surface area contributed by atoms with Crippen LogP contribution in [0.3, 0.4) is 0 Å². The maximum Gasteiger partial charge on any atom is 0.220 e. The van der Waals surface area contributed by atoms with Gasteiger partial charge < -0.3 is 65.1 Å². The molecule has 2 rings (SSSR count). The van der Waals surface area contributed by atoms with Crippen LogP contribution in [0.2, 0.25) is 0 Å². The minimum absolute atomic E-state index is 0.254. The lowest BCUT2D eigenvalue weighted by Crippen LogP contribution is -2.65. The summed E-state index contributed by atoms with van der Waals surface area (Å²) >= 11 is 0. The van der Waals surface area contributed by atoms with Gasteiger partial charge in [-0.25, -0.2) is 0 Å².